The molecule has 0 rings (SSSR count). The summed E-state index contributed by atoms with van der Waals surface area (Å²) in [4.78, 5) is 37.7. The minimum Gasteiger partial charge on any atom is -0.545 e. The zero-order chi connectivity index (χ0) is 74.6. The Morgan fingerprint density at radius 3 is 0.777 bits per heavy atom. The van der Waals surface area contributed by atoms with E-state index in [4.69, 9.17) is 18.9 Å². The summed E-state index contributed by atoms with van der Waals surface area (Å²) in [6.07, 6.45) is 118. The van der Waals surface area contributed by atoms with E-state index in [2.05, 4.69) is 160 Å². The van der Waals surface area contributed by atoms with Crippen LogP contribution >= 0.6 is 0 Å². The van der Waals surface area contributed by atoms with Crippen molar-refractivity contribution in [3.05, 3.63) is 146 Å². The van der Waals surface area contributed by atoms with Gasteiger partial charge in [0, 0.05) is 12.8 Å². The maximum Gasteiger partial charge on any atom is 0.306 e. The molecular formula is C94H161NO8. The van der Waals surface area contributed by atoms with Crippen LogP contribution in [0.25, 0.3) is 0 Å². The van der Waals surface area contributed by atoms with E-state index in [0.29, 0.717) is 23.9 Å². The van der Waals surface area contributed by atoms with E-state index in [1.54, 1.807) is 0 Å². The molecule has 0 aliphatic rings. The minimum absolute atomic E-state index is 0.146. The summed E-state index contributed by atoms with van der Waals surface area (Å²) in [6.45, 7) is 4.56. The Balaban J connectivity index is 3.97. The minimum atomic E-state index is -1.63. The number of carbonyl (C=O) groups is 3. The number of carboxylic acids is 1. The molecule has 0 heterocycles. The van der Waals surface area contributed by atoms with Gasteiger partial charge in [-0.05, 0) is 116 Å². The molecule has 0 radical (unpaired) electrons. The molecule has 0 aliphatic carbocycles. The van der Waals surface area contributed by atoms with E-state index in [9.17, 15) is 19.5 Å². The Labute approximate surface area is 636 Å². The van der Waals surface area contributed by atoms with Crippen LogP contribution in [0.4, 0.5) is 0 Å². The molecule has 103 heavy (non-hydrogen) atoms. The Bertz CT molecular complexity index is 2220. The van der Waals surface area contributed by atoms with Crippen LogP contribution < -0.4 is 5.11 Å². The number of aliphatic carboxylic acids is 1. The first-order chi connectivity index (χ1) is 50.6. The fraction of sp³-hybridized carbons (Fsp3) is 0.713. The lowest BCUT2D eigenvalue weighted by Crippen LogP contribution is -2.44. The average molecular weight is 1430 g/mol. The van der Waals surface area contributed by atoms with Crippen molar-refractivity contribution in [2.24, 2.45) is 0 Å². The van der Waals surface area contributed by atoms with E-state index in [0.717, 1.165) is 109 Å². The van der Waals surface area contributed by atoms with Crippen molar-refractivity contribution in [3.8, 4) is 0 Å². The van der Waals surface area contributed by atoms with Gasteiger partial charge in [0.15, 0.2) is 12.4 Å². The standard InChI is InChI=1S/C94H161NO8/c1-6-8-10-12-14-16-18-20-22-24-26-28-30-32-34-36-38-40-42-44-46-48-50-52-54-56-58-60-62-64-66-68-70-72-74-76-78-80-82-84-91(96)101-88-90(89-102-94(93(98)99)100-87-86-95(3,4)5)103-92(97)85-83-81-79-77-75-73-71-69-67-65-63-61-59-57-55-53-51-49-47-45-43-41-39-37-35-33-31-29-27-25-23-21-19-17-15-13-11-9-7-2/h8-11,14-17,20-23,26-29,32-35,38-41,90,94H,6-7,12-13,18-19,24-25,30-31,36-37,42-89H2,1-5H3/b10-8-,11-9-,16-14-,17-15-,22-20-,23-21-,28-26-,29-27-,34-32-,35-33-,40-38-,41-39-. The van der Waals surface area contributed by atoms with Gasteiger partial charge in [-0.3, -0.25) is 9.59 Å². The van der Waals surface area contributed by atoms with Crippen LogP contribution in [0, 0.1) is 0 Å². The lowest BCUT2D eigenvalue weighted by molar-refractivity contribution is -0.870. The molecule has 0 aliphatic heterocycles. The molecule has 9 heteroatoms. The maximum atomic E-state index is 13.0. The second-order valence-electron chi connectivity index (χ2n) is 29.7. The Hall–Kier alpha value is -4.83. The number of quaternary nitrogens is 1. The smallest absolute Gasteiger partial charge is 0.306 e. The highest BCUT2D eigenvalue weighted by Gasteiger charge is 2.22. The van der Waals surface area contributed by atoms with Crippen molar-refractivity contribution in [1.82, 2.24) is 0 Å². The Morgan fingerprint density at radius 2 is 0.524 bits per heavy atom. The zero-order valence-corrected chi connectivity index (χ0v) is 67.7. The molecule has 0 amide bonds. The topological polar surface area (TPSA) is 111 Å². The number of carbonyl (C=O) groups excluding carboxylic acids is 3. The number of allylic oxidation sites excluding steroid dienone is 24. The van der Waals surface area contributed by atoms with Crippen LogP contribution in [-0.2, 0) is 33.3 Å². The normalized spacial score (nSPS) is 13.4. The van der Waals surface area contributed by atoms with Crippen molar-refractivity contribution in [1.29, 1.82) is 0 Å². The molecule has 0 saturated heterocycles. The van der Waals surface area contributed by atoms with E-state index in [1.165, 1.54) is 231 Å². The summed E-state index contributed by atoms with van der Waals surface area (Å²) in [5.41, 5.74) is 0. The fourth-order valence-electron chi connectivity index (χ4n) is 12.1. The predicted octanol–water partition coefficient (Wildman–Crippen LogP) is 26.8. The van der Waals surface area contributed by atoms with Crippen LogP contribution in [0.3, 0.4) is 0 Å². The van der Waals surface area contributed by atoms with Gasteiger partial charge in [-0.25, -0.2) is 0 Å². The van der Waals surface area contributed by atoms with Crippen molar-refractivity contribution in [2.45, 2.75) is 386 Å². The third-order valence-electron chi connectivity index (χ3n) is 18.6. The lowest BCUT2D eigenvalue weighted by Gasteiger charge is -2.26. The molecule has 9 nitrogen and oxygen atoms in total. The van der Waals surface area contributed by atoms with Crippen LogP contribution in [0.15, 0.2) is 146 Å². The first kappa shape index (κ1) is 98.2. The molecule has 2 atom stereocenters. The Kier molecular flexibility index (Phi) is 78.9. The molecule has 0 aromatic carbocycles. The number of nitrogens with zero attached hydrogens (tertiary/aromatic N) is 1. The molecule has 2 unspecified atom stereocenters. The summed E-state index contributed by atoms with van der Waals surface area (Å²) >= 11 is 0. The second-order valence-corrected chi connectivity index (χ2v) is 29.7. The van der Waals surface area contributed by atoms with Gasteiger partial charge in [0.1, 0.15) is 13.2 Å². The number of esters is 2. The highest BCUT2D eigenvalue weighted by molar-refractivity contribution is 5.70. The molecule has 590 valence electrons. The average Bonchev–Trinajstić information content (AvgIpc) is 1.06. The van der Waals surface area contributed by atoms with Gasteiger partial charge in [-0.2, -0.15) is 0 Å². The third kappa shape index (κ3) is 84.3. The van der Waals surface area contributed by atoms with Crippen LogP contribution in [0.2, 0.25) is 0 Å². The number of hydrogen-bond donors (Lipinski definition) is 0. The van der Waals surface area contributed by atoms with Gasteiger partial charge >= 0.3 is 11.9 Å². The largest absolute Gasteiger partial charge is 0.545 e. The van der Waals surface area contributed by atoms with E-state index in [1.807, 2.05) is 21.1 Å². The van der Waals surface area contributed by atoms with Gasteiger partial charge < -0.3 is 33.3 Å². The van der Waals surface area contributed by atoms with Gasteiger partial charge in [0.2, 0.25) is 0 Å². The molecule has 0 aromatic rings. The van der Waals surface area contributed by atoms with Gasteiger partial charge in [-0.15, -0.1) is 0 Å². The highest BCUT2D eigenvalue weighted by atomic mass is 16.7. The van der Waals surface area contributed by atoms with E-state index < -0.39 is 24.3 Å². The molecule has 0 saturated carbocycles. The van der Waals surface area contributed by atoms with Crippen molar-refractivity contribution in [3.63, 3.8) is 0 Å². The number of unbranched alkanes of at least 4 members (excludes halogenated alkanes) is 40. The highest BCUT2D eigenvalue weighted by Crippen LogP contribution is 2.19. The van der Waals surface area contributed by atoms with Gasteiger partial charge in [0.25, 0.3) is 0 Å². The maximum absolute atomic E-state index is 13.0. The molecule has 0 spiro atoms. The monoisotopic (exact) mass is 1430 g/mol. The van der Waals surface area contributed by atoms with Crippen molar-refractivity contribution < 1.29 is 42.9 Å². The molecular weight excluding hydrogens is 1270 g/mol. The molecule has 0 aromatic heterocycles. The summed E-state index contributed by atoms with van der Waals surface area (Å²) < 4.78 is 22.9. The van der Waals surface area contributed by atoms with E-state index in [-0.39, 0.29) is 32.2 Å². The molecule has 0 N–H and O–H groups in total. The number of carboxylic acid groups (broad SMARTS) is 1. The van der Waals surface area contributed by atoms with Crippen LogP contribution in [0.1, 0.15) is 373 Å². The second kappa shape index (κ2) is 82.8. The lowest BCUT2D eigenvalue weighted by atomic mass is 10.0. The molecule has 0 fully saturated rings. The summed E-state index contributed by atoms with van der Waals surface area (Å²) in [7, 11) is 5.95. The zero-order valence-electron chi connectivity index (χ0n) is 67.7. The van der Waals surface area contributed by atoms with Crippen molar-refractivity contribution >= 4 is 17.9 Å². The quantitative estimate of drug-likeness (QED) is 0.0195. The number of hydrogen-bond acceptors (Lipinski definition) is 8. The first-order valence-electron chi connectivity index (χ1n) is 43.0. The number of rotatable bonds is 79. The molecule has 0 bridgehead atoms. The number of ether oxygens (including phenoxy) is 4. The summed E-state index contributed by atoms with van der Waals surface area (Å²) in [5, 5.41) is 11.9. The summed E-state index contributed by atoms with van der Waals surface area (Å²) in [5.74, 6) is -2.26. The SMILES string of the molecule is CC/C=C\C/C=C\C/C=C\C/C=C\C/C=C\C/C=C\CCCCCCCCCCCCCCCCCCCCCCC(=O)OCC(COC(OCC[N+](C)(C)C)C(=O)[O-])OC(=O)CCCCCCCCCCCCCCCCCCCCCC/C=C\C/C=C\C/C=C\C/C=C\C/C=C\C/C=C\CC. The summed E-state index contributed by atoms with van der Waals surface area (Å²) in [6, 6.07) is 0. The fourth-order valence-corrected chi connectivity index (χ4v) is 12.1. The van der Waals surface area contributed by atoms with Gasteiger partial charge in [0.05, 0.1) is 40.3 Å². The number of likely N-dealkylation sites (N-methyl/N-ethyl adjacent to an activating group) is 1. The van der Waals surface area contributed by atoms with Crippen molar-refractivity contribution in [2.75, 3.05) is 47.5 Å². The predicted molar refractivity (Wildman–Crippen MR) is 444 cm³/mol. The van der Waals surface area contributed by atoms with Gasteiger partial charge in [-0.1, -0.05) is 391 Å². The first-order valence-corrected chi connectivity index (χ1v) is 43.0. The van der Waals surface area contributed by atoms with E-state index >= 15 is 0 Å². The van der Waals surface area contributed by atoms with Crippen LogP contribution in [-0.4, -0.2) is 82.3 Å². The third-order valence-corrected chi connectivity index (χ3v) is 18.6. The Morgan fingerprint density at radius 1 is 0.291 bits per heavy atom. The van der Waals surface area contributed by atoms with Crippen LogP contribution in [0.5, 0.6) is 0 Å².